The highest BCUT2D eigenvalue weighted by atomic mass is 16.1. The molecule has 108 valence electrons. The number of carbonyl (C=O) groups excluding carboxylic acids is 1. The molecule has 1 aliphatic carbocycles. The molecule has 1 rings (SSSR count). The number of hydrogen-bond acceptors (Lipinski definition) is 2. The Morgan fingerprint density at radius 2 is 1.84 bits per heavy atom. The molecule has 0 aromatic heterocycles. The van der Waals surface area contributed by atoms with E-state index in [1.807, 2.05) is 0 Å². The lowest BCUT2D eigenvalue weighted by molar-refractivity contribution is -0.122. The minimum Gasteiger partial charge on any atom is -0.352 e. The highest BCUT2D eigenvalue weighted by Gasteiger charge is 2.27. The van der Waals surface area contributed by atoms with Crippen LogP contribution in [0.5, 0.6) is 0 Å². The average molecular weight is 264 g/mol. The van der Waals surface area contributed by atoms with Crippen molar-refractivity contribution in [3.8, 4) is 6.07 Å². The fourth-order valence-electron chi connectivity index (χ4n) is 2.81. The second kappa shape index (κ2) is 9.83. The fourth-order valence-corrected chi connectivity index (χ4v) is 2.81. The van der Waals surface area contributed by atoms with Gasteiger partial charge in [-0.1, -0.05) is 45.4 Å². The van der Waals surface area contributed by atoms with Gasteiger partial charge in [-0.2, -0.15) is 5.26 Å². The van der Waals surface area contributed by atoms with Crippen LogP contribution in [0.4, 0.5) is 0 Å². The summed E-state index contributed by atoms with van der Waals surface area (Å²) in [6, 6.07) is 2.41. The van der Waals surface area contributed by atoms with E-state index in [-0.39, 0.29) is 17.9 Å². The van der Waals surface area contributed by atoms with E-state index in [9.17, 15) is 4.79 Å². The van der Waals surface area contributed by atoms with Crippen LogP contribution in [-0.4, -0.2) is 11.9 Å². The summed E-state index contributed by atoms with van der Waals surface area (Å²) in [5.74, 6) is 0.179. The molecule has 2 atom stereocenters. The number of carbonyl (C=O) groups is 1. The number of amides is 1. The monoisotopic (exact) mass is 264 g/mol. The van der Waals surface area contributed by atoms with Crippen molar-refractivity contribution in [2.75, 3.05) is 0 Å². The normalized spacial score (nSPS) is 22.1. The summed E-state index contributed by atoms with van der Waals surface area (Å²) in [5.41, 5.74) is 0. The molecular formula is C16H28N2O. The lowest BCUT2D eigenvalue weighted by atomic mass is 10.0. The van der Waals surface area contributed by atoms with Gasteiger partial charge >= 0.3 is 0 Å². The molecule has 0 heterocycles. The number of hydrogen-bond donors (Lipinski definition) is 1. The maximum Gasteiger partial charge on any atom is 0.220 e. The number of nitriles is 1. The molecule has 1 amide bonds. The van der Waals surface area contributed by atoms with Gasteiger partial charge in [0.1, 0.15) is 0 Å². The first-order chi connectivity index (χ1) is 9.27. The maximum atomic E-state index is 11.8. The van der Waals surface area contributed by atoms with Crippen molar-refractivity contribution in [1.29, 1.82) is 5.26 Å². The van der Waals surface area contributed by atoms with E-state index in [1.54, 1.807) is 0 Å². The predicted molar refractivity (Wildman–Crippen MR) is 77.5 cm³/mol. The van der Waals surface area contributed by atoms with Gasteiger partial charge in [0.05, 0.1) is 12.0 Å². The zero-order valence-electron chi connectivity index (χ0n) is 12.3. The zero-order chi connectivity index (χ0) is 13.9. The molecule has 1 fully saturated rings. The minimum atomic E-state index is 0.0398. The van der Waals surface area contributed by atoms with E-state index in [0.29, 0.717) is 6.42 Å². The van der Waals surface area contributed by atoms with Gasteiger partial charge in [0.15, 0.2) is 0 Å². The van der Waals surface area contributed by atoms with E-state index < -0.39 is 0 Å². The van der Waals surface area contributed by atoms with Crippen molar-refractivity contribution >= 4 is 5.91 Å². The van der Waals surface area contributed by atoms with Crippen LogP contribution in [0.2, 0.25) is 0 Å². The standard InChI is InChI=1S/C16H28N2O/c1-2-3-4-5-6-7-8-12-16(19)18-15-11-9-10-14(15)13-17/h14-15H,2-12H2,1H3,(H,18,19). The predicted octanol–water partition coefficient (Wildman–Crippen LogP) is 3.94. The summed E-state index contributed by atoms with van der Waals surface area (Å²) >= 11 is 0. The first-order valence-electron chi connectivity index (χ1n) is 7.97. The summed E-state index contributed by atoms with van der Waals surface area (Å²) in [4.78, 5) is 11.8. The Balaban J connectivity index is 2.01. The van der Waals surface area contributed by atoms with Crippen LogP contribution >= 0.6 is 0 Å². The van der Waals surface area contributed by atoms with Gasteiger partial charge in [-0.15, -0.1) is 0 Å². The molecular weight excluding hydrogens is 236 g/mol. The summed E-state index contributed by atoms with van der Waals surface area (Å²) in [7, 11) is 0. The van der Waals surface area contributed by atoms with Crippen LogP contribution in [0.3, 0.4) is 0 Å². The lowest BCUT2D eigenvalue weighted by Crippen LogP contribution is -2.36. The van der Waals surface area contributed by atoms with Gasteiger partial charge in [0.25, 0.3) is 0 Å². The van der Waals surface area contributed by atoms with Gasteiger partial charge in [-0.25, -0.2) is 0 Å². The highest BCUT2D eigenvalue weighted by Crippen LogP contribution is 2.24. The third kappa shape index (κ3) is 6.61. The second-order valence-corrected chi connectivity index (χ2v) is 5.71. The summed E-state index contributed by atoms with van der Waals surface area (Å²) in [6.07, 6.45) is 12.2. The van der Waals surface area contributed by atoms with E-state index in [1.165, 1.54) is 32.1 Å². The van der Waals surface area contributed by atoms with Crippen molar-refractivity contribution in [2.45, 2.75) is 83.6 Å². The Bertz CT molecular complexity index is 296. The number of rotatable bonds is 9. The van der Waals surface area contributed by atoms with E-state index in [2.05, 4.69) is 18.3 Å². The van der Waals surface area contributed by atoms with Crippen LogP contribution in [-0.2, 0) is 4.79 Å². The molecule has 0 saturated heterocycles. The number of unbranched alkanes of at least 4 members (excludes halogenated alkanes) is 6. The van der Waals surface area contributed by atoms with Gasteiger partial charge in [-0.3, -0.25) is 4.79 Å². The molecule has 1 saturated carbocycles. The quantitative estimate of drug-likeness (QED) is 0.641. The van der Waals surface area contributed by atoms with Gasteiger partial charge < -0.3 is 5.32 Å². The first kappa shape index (κ1) is 16.0. The van der Waals surface area contributed by atoms with Crippen molar-refractivity contribution in [2.24, 2.45) is 5.92 Å². The van der Waals surface area contributed by atoms with Gasteiger partial charge in [0, 0.05) is 12.5 Å². The van der Waals surface area contributed by atoms with Crippen molar-refractivity contribution in [1.82, 2.24) is 5.32 Å². The Hall–Kier alpha value is -1.04. The Morgan fingerprint density at radius 3 is 2.53 bits per heavy atom. The molecule has 1 aliphatic rings. The summed E-state index contributed by atoms with van der Waals surface area (Å²) < 4.78 is 0. The third-order valence-electron chi connectivity index (χ3n) is 4.04. The third-order valence-corrected chi connectivity index (χ3v) is 4.04. The van der Waals surface area contributed by atoms with Crippen molar-refractivity contribution in [3.63, 3.8) is 0 Å². The second-order valence-electron chi connectivity index (χ2n) is 5.71. The Morgan fingerprint density at radius 1 is 1.16 bits per heavy atom. The molecule has 0 aromatic carbocycles. The topological polar surface area (TPSA) is 52.9 Å². The number of nitrogens with zero attached hydrogens (tertiary/aromatic N) is 1. The molecule has 0 radical (unpaired) electrons. The van der Waals surface area contributed by atoms with Crippen LogP contribution < -0.4 is 5.32 Å². The molecule has 0 bridgehead atoms. The zero-order valence-corrected chi connectivity index (χ0v) is 12.3. The smallest absolute Gasteiger partial charge is 0.220 e. The number of nitrogens with one attached hydrogen (secondary N) is 1. The van der Waals surface area contributed by atoms with Crippen LogP contribution in [0, 0.1) is 17.2 Å². The first-order valence-corrected chi connectivity index (χ1v) is 7.97. The maximum absolute atomic E-state index is 11.8. The molecule has 3 nitrogen and oxygen atoms in total. The molecule has 2 unspecified atom stereocenters. The molecule has 0 aliphatic heterocycles. The summed E-state index contributed by atoms with van der Waals surface area (Å²) in [5, 5.41) is 12.0. The van der Waals surface area contributed by atoms with Gasteiger partial charge in [-0.05, 0) is 25.7 Å². The Labute approximate surface area is 117 Å². The molecule has 3 heteroatoms. The molecule has 0 spiro atoms. The van der Waals surface area contributed by atoms with Crippen molar-refractivity contribution < 1.29 is 4.79 Å². The largest absolute Gasteiger partial charge is 0.352 e. The van der Waals surface area contributed by atoms with E-state index >= 15 is 0 Å². The van der Waals surface area contributed by atoms with Crippen LogP contribution in [0.15, 0.2) is 0 Å². The van der Waals surface area contributed by atoms with Crippen LogP contribution in [0.1, 0.15) is 77.6 Å². The molecule has 1 N–H and O–H groups in total. The fraction of sp³-hybridized carbons (Fsp3) is 0.875. The van der Waals surface area contributed by atoms with E-state index in [4.69, 9.17) is 5.26 Å². The molecule has 0 aromatic rings. The summed E-state index contributed by atoms with van der Waals surface area (Å²) in [6.45, 7) is 2.22. The minimum absolute atomic E-state index is 0.0398. The van der Waals surface area contributed by atoms with Crippen molar-refractivity contribution in [3.05, 3.63) is 0 Å². The SMILES string of the molecule is CCCCCCCCCC(=O)NC1CCCC1C#N. The highest BCUT2D eigenvalue weighted by molar-refractivity contribution is 5.76. The van der Waals surface area contributed by atoms with Gasteiger partial charge in [0.2, 0.25) is 5.91 Å². The average Bonchev–Trinajstić information content (AvgIpc) is 2.85. The molecule has 19 heavy (non-hydrogen) atoms. The Kier molecular flexibility index (Phi) is 8.29. The van der Waals surface area contributed by atoms with E-state index in [0.717, 1.165) is 32.1 Å². The van der Waals surface area contributed by atoms with Crippen LogP contribution in [0.25, 0.3) is 0 Å². The lowest BCUT2D eigenvalue weighted by Gasteiger charge is -2.15.